The molecule has 2 N–H and O–H groups in total. The third-order valence-electron chi connectivity index (χ3n) is 2.97. The van der Waals surface area contributed by atoms with Gasteiger partial charge in [0.1, 0.15) is 16.3 Å². The van der Waals surface area contributed by atoms with E-state index in [1.54, 1.807) is 25.3 Å². The van der Waals surface area contributed by atoms with Gasteiger partial charge in [0, 0.05) is 5.02 Å². The number of halogens is 1. The Morgan fingerprint density at radius 1 is 1.43 bits per heavy atom. The van der Waals surface area contributed by atoms with Crippen LogP contribution in [0.25, 0.3) is 10.2 Å². The van der Waals surface area contributed by atoms with Crippen LogP contribution in [0.1, 0.15) is 5.82 Å². The maximum absolute atomic E-state index is 11.9. The quantitative estimate of drug-likeness (QED) is 0.774. The average Bonchev–Trinajstić information content (AvgIpc) is 2.94. The molecule has 3 rings (SSSR count). The summed E-state index contributed by atoms with van der Waals surface area (Å²) in [7, 11) is 1.59. The predicted molar refractivity (Wildman–Crippen MR) is 85.6 cm³/mol. The number of H-pyrrole nitrogens is 1. The van der Waals surface area contributed by atoms with E-state index in [4.69, 9.17) is 16.3 Å². The normalized spacial score (nSPS) is 10.8. The number of nitrogens with zero attached hydrogens (tertiary/aromatic N) is 1. The van der Waals surface area contributed by atoms with Crippen LogP contribution in [0.5, 0.6) is 5.75 Å². The molecular formula is C14H12ClN3O2S. The molecule has 0 saturated heterocycles. The fraction of sp³-hybridized carbons (Fsp3) is 0.143. The SMILES string of the molecule is COc1ccc(Cl)cc1NCc1nc2ccsc2c(=O)[nH]1. The summed E-state index contributed by atoms with van der Waals surface area (Å²) in [4.78, 5) is 19.1. The first-order chi connectivity index (χ1) is 10.2. The summed E-state index contributed by atoms with van der Waals surface area (Å²) in [6.07, 6.45) is 0. The van der Waals surface area contributed by atoms with Gasteiger partial charge in [0.2, 0.25) is 0 Å². The molecule has 0 bridgehead atoms. The molecule has 0 spiro atoms. The number of aromatic amines is 1. The fourth-order valence-electron chi connectivity index (χ4n) is 2.00. The van der Waals surface area contributed by atoms with E-state index in [2.05, 4.69) is 15.3 Å². The molecule has 0 aliphatic carbocycles. The highest BCUT2D eigenvalue weighted by Crippen LogP contribution is 2.27. The lowest BCUT2D eigenvalue weighted by molar-refractivity contribution is 0.416. The van der Waals surface area contributed by atoms with Crippen LogP contribution < -0.4 is 15.6 Å². The first-order valence-corrected chi connectivity index (χ1v) is 7.47. The number of thiophene rings is 1. The molecule has 7 heteroatoms. The molecule has 0 unspecified atom stereocenters. The predicted octanol–water partition coefficient (Wildman–Crippen LogP) is 3.26. The first kappa shape index (κ1) is 13.9. The van der Waals surface area contributed by atoms with Crippen LogP contribution in [-0.2, 0) is 6.54 Å². The molecule has 2 heterocycles. The minimum Gasteiger partial charge on any atom is -0.495 e. The Labute approximate surface area is 129 Å². The Hall–Kier alpha value is -2.05. The zero-order valence-corrected chi connectivity index (χ0v) is 12.7. The second kappa shape index (κ2) is 5.75. The molecule has 0 aliphatic rings. The first-order valence-electron chi connectivity index (χ1n) is 6.21. The van der Waals surface area contributed by atoms with Gasteiger partial charge < -0.3 is 15.0 Å². The lowest BCUT2D eigenvalue weighted by Gasteiger charge is -2.11. The summed E-state index contributed by atoms with van der Waals surface area (Å²) in [6.45, 7) is 0.373. The van der Waals surface area contributed by atoms with Crippen LogP contribution in [0.2, 0.25) is 5.02 Å². The molecule has 21 heavy (non-hydrogen) atoms. The van der Waals surface area contributed by atoms with Gasteiger partial charge in [-0.15, -0.1) is 11.3 Å². The molecule has 0 amide bonds. The Bertz CT molecular complexity index is 844. The molecule has 1 aromatic carbocycles. The lowest BCUT2D eigenvalue weighted by Crippen LogP contribution is -2.13. The van der Waals surface area contributed by atoms with Crippen molar-refractivity contribution in [1.82, 2.24) is 9.97 Å². The van der Waals surface area contributed by atoms with Crippen LogP contribution in [0.15, 0.2) is 34.4 Å². The van der Waals surface area contributed by atoms with Gasteiger partial charge in [-0.25, -0.2) is 4.98 Å². The summed E-state index contributed by atoms with van der Waals surface area (Å²) < 4.78 is 5.90. The van der Waals surface area contributed by atoms with Crippen molar-refractivity contribution in [2.75, 3.05) is 12.4 Å². The lowest BCUT2D eigenvalue weighted by atomic mass is 10.3. The minimum atomic E-state index is -0.121. The zero-order chi connectivity index (χ0) is 14.8. The van der Waals surface area contributed by atoms with Crippen LogP contribution in [-0.4, -0.2) is 17.1 Å². The van der Waals surface area contributed by atoms with Crippen molar-refractivity contribution in [3.63, 3.8) is 0 Å². The summed E-state index contributed by atoms with van der Waals surface area (Å²) in [5, 5.41) is 5.62. The number of ether oxygens (including phenoxy) is 1. The van der Waals surface area contributed by atoms with Gasteiger partial charge in [-0.2, -0.15) is 0 Å². The molecule has 0 aliphatic heterocycles. The van der Waals surface area contributed by atoms with E-state index in [1.165, 1.54) is 11.3 Å². The highest BCUT2D eigenvalue weighted by atomic mass is 35.5. The van der Waals surface area contributed by atoms with E-state index in [9.17, 15) is 4.79 Å². The van der Waals surface area contributed by atoms with E-state index in [0.29, 0.717) is 33.4 Å². The van der Waals surface area contributed by atoms with Gasteiger partial charge in [0.25, 0.3) is 5.56 Å². The molecular weight excluding hydrogens is 310 g/mol. The number of fused-ring (bicyclic) bond motifs is 1. The maximum Gasteiger partial charge on any atom is 0.268 e. The van der Waals surface area contributed by atoms with Crippen LogP contribution in [0.4, 0.5) is 5.69 Å². The van der Waals surface area contributed by atoms with Gasteiger partial charge in [0.05, 0.1) is 24.9 Å². The third kappa shape index (κ3) is 2.86. The maximum atomic E-state index is 11.9. The second-order valence-electron chi connectivity index (χ2n) is 4.35. The fourth-order valence-corrected chi connectivity index (χ4v) is 2.90. The number of anilines is 1. The number of hydrogen-bond acceptors (Lipinski definition) is 5. The van der Waals surface area contributed by atoms with Crippen molar-refractivity contribution in [3.8, 4) is 5.75 Å². The summed E-state index contributed by atoms with van der Waals surface area (Å²) in [5.74, 6) is 1.24. The molecule has 0 radical (unpaired) electrons. The highest BCUT2D eigenvalue weighted by molar-refractivity contribution is 7.17. The number of methoxy groups -OCH3 is 1. The molecule has 5 nitrogen and oxygen atoms in total. The zero-order valence-electron chi connectivity index (χ0n) is 11.1. The topological polar surface area (TPSA) is 67.0 Å². The molecule has 3 aromatic rings. The molecule has 2 aromatic heterocycles. The van der Waals surface area contributed by atoms with Gasteiger partial charge in [-0.3, -0.25) is 4.79 Å². The number of hydrogen-bond donors (Lipinski definition) is 2. The number of benzene rings is 1. The van der Waals surface area contributed by atoms with E-state index >= 15 is 0 Å². The van der Waals surface area contributed by atoms with Crippen molar-refractivity contribution < 1.29 is 4.74 Å². The number of nitrogens with one attached hydrogen (secondary N) is 2. The van der Waals surface area contributed by atoms with E-state index in [0.717, 1.165) is 5.69 Å². The largest absolute Gasteiger partial charge is 0.495 e. The second-order valence-corrected chi connectivity index (χ2v) is 5.70. The number of aromatic nitrogens is 2. The Morgan fingerprint density at radius 3 is 3.10 bits per heavy atom. The average molecular weight is 322 g/mol. The molecule has 0 fully saturated rings. The Balaban J connectivity index is 1.86. The van der Waals surface area contributed by atoms with Crippen molar-refractivity contribution in [2.45, 2.75) is 6.54 Å². The van der Waals surface area contributed by atoms with Crippen LogP contribution in [0, 0.1) is 0 Å². The molecule has 108 valence electrons. The van der Waals surface area contributed by atoms with Crippen LogP contribution in [0.3, 0.4) is 0 Å². The van der Waals surface area contributed by atoms with Crippen molar-refractivity contribution in [2.24, 2.45) is 0 Å². The van der Waals surface area contributed by atoms with Crippen molar-refractivity contribution in [3.05, 3.63) is 50.8 Å². The van der Waals surface area contributed by atoms with Gasteiger partial charge in [0.15, 0.2) is 0 Å². The minimum absolute atomic E-state index is 0.121. The van der Waals surface area contributed by atoms with Gasteiger partial charge in [-0.1, -0.05) is 11.6 Å². The summed E-state index contributed by atoms with van der Waals surface area (Å²) >= 11 is 7.36. The Kier molecular flexibility index (Phi) is 3.81. The van der Waals surface area contributed by atoms with Crippen molar-refractivity contribution >= 4 is 38.8 Å². The summed E-state index contributed by atoms with van der Waals surface area (Å²) in [5.41, 5.74) is 1.33. The third-order valence-corrected chi connectivity index (χ3v) is 4.11. The van der Waals surface area contributed by atoms with Crippen molar-refractivity contribution in [1.29, 1.82) is 0 Å². The molecule has 0 atom stereocenters. The van der Waals surface area contributed by atoms with E-state index < -0.39 is 0 Å². The van der Waals surface area contributed by atoms with Crippen LogP contribution >= 0.6 is 22.9 Å². The van der Waals surface area contributed by atoms with E-state index in [-0.39, 0.29) is 5.56 Å². The summed E-state index contributed by atoms with van der Waals surface area (Å²) in [6, 6.07) is 7.13. The van der Waals surface area contributed by atoms with Gasteiger partial charge >= 0.3 is 0 Å². The van der Waals surface area contributed by atoms with Gasteiger partial charge in [-0.05, 0) is 29.6 Å². The Morgan fingerprint density at radius 2 is 2.29 bits per heavy atom. The smallest absolute Gasteiger partial charge is 0.268 e. The monoisotopic (exact) mass is 321 g/mol. The standard InChI is InChI=1S/C14H12ClN3O2S/c1-20-11-3-2-8(15)6-10(11)16-7-12-17-9-4-5-21-13(9)14(19)18-12/h2-6,16H,7H2,1H3,(H,17,18,19). The van der Waals surface area contributed by atoms with E-state index in [1.807, 2.05) is 11.4 Å². The highest BCUT2D eigenvalue weighted by Gasteiger charge is 2.07. The number of rotatable bonds is 4. The molecule has 0 saturated carbocycles.